The molecule has 60 valence electrons. The van der Waals surface area contributed by atoms with Crippen LogP contribution in [0.2, 0.25) is 0 Å². The Bertz CT molecular complexity index is 132. The molecule has 0 rings (SSSR count). The van der Waals surface area contributed by atoms with Crippen molar-refractivity contribution < 1.29 is 4.79 Å². The predicted octanol–water partition coefficient (Wildman–Crippen LogP) is 1.24. The van der Waals surface area contributed by atoms with Crippen molar-refractivity contribution in [2.75, 3.05) is 0 Å². The molecule has 3 heteroatoms. The highest BCUT2D eigenvalue weighted by atomic mass is 16.1. The van der Waals surface area contributed by atoms with Crippen LogP contribution in [0.5, 0.6) is 0 Å². The summed E-state index contributed by atoms with van der Waals surface area (Å²) in [5.74, 6) is -0.160. The van der Waals surface area contributed by atoms with Crippen molar-refractivity contribution in [1.29, 1.82) is 0 Å². The van der Waals surface area contributed by atoms with Crippen molar-refractivity contribution in [3.8, 4) is 0 Å². The Labute approximate surface area is 61.9 Å². The van der Waals surface area contributed by atoms with Gasteiger partial charge in [-0.1, -0.05) is 20.4 Å². The molecular formula is C7H16N2O. The Morgan fingerprint density at radius 2 is 2.10 bits per heavy atom. The van der Waals surface area contributed by atoms with Crippen LogP contribution in [-0.4, -0.2) is 5.91 Å². The van der Waals surface area contributed by atoms with Gasteiger partial charge in [-0.15, -0.1) is 0 Å². The average molecular weight is 144 g/mol. The molecule has 0 radical (unpaired) electrons. The van der Waals surface area contributed by atoms with Crippen LogP contribution < -0.4 is 11.9 Å². The molecule has 1 amide bonds. The van der Waals surface area contributed by atoms with E-state index in [1.807, 2.05) is 13.8 Å². The van der Waals surface area contributed by atoms with E-state index in [1.165, 1.54) is 0 Å². The van der Waals surface area contributed by atoms with E-state index >= 15 is 0 Å². The summed E-state index contributed by atoms with van der Waals surface area (Å²) in [7, 11) is 0. The summed E-state index contributed by atoms with van der Waals surface area (Å²) in [5, 5.41) is 0. The van der Waals surface area contributed by atoms with Crippen LogP contribution >= 0.6 is 0 Å². The van der Waals surface area contributed by atoms with E-state index in [0.717, 1.165) is 6.42 Å². The third-order valence-electron chi connectivity index (χ3n) is 1.52. The summed E-state index contributed by atoms with van der Waals surface area (Å²) in [4.78, 5) is 10.4. The Morgan fingerprint density at radius 3 is 2.20 bits per heavy atom. The number of carbonyl (C=O) groups is 1. The molecule has 0 heterocycles. The molecule has 1 unspecified atom stereocenters. The van der Waals surface area contributed by atoms with Gasteiger partial charge in [-0.2, -0.15) is 0 Å². The first-order valence-corrected chi connectivity index (χ1v) is 3.08. The zero-order valence-corrected chi connectivity index (χ0v) is 6.68. The molecule has 0 aromatic rings. The van der Waals surface area contributed by atoms with Crippen LogP contribution in [0.15, 0.2) is 12.2 Å². The molecule has 1 atom stereocenters. The van der Waals surface area contributed by atoms with Gasteiger partial charge in [0.15, 0.2) is 0 Å². The van der Waals surface area contributed by atoms with Crippen LogP contribution in [0.3, 0.4) is 0 Å². The van der Waals surface area contributed by atoms with Crippen molar-refractivity contribution in [2.45, 2.75) is 20.3 Å². The van der Waals surface area contributed by atoms with Gasteiger partial charge >= 0.3 is 0 Å². The Hall–Kier alpha value is -0.830. The molecule has 0 bridgehead atoms. The second kappa shape index (κ2) is 4.99. The monoisotopic (exact) mass is 144 g/mol. The van der Waals surface area contributed by atoms with E-state index in [-0.39, 0.29) is 18.0 Å². The molecule has 3 nitrogen and oxygen atoms in total. The third-order valence-corrected chi connectivity index (χ3v) is 1.52. The van der Waals surface area contributed by atoms with Gasteiger partial charge in [0.05, 0.1) is 0 Å². The molecule has 0 fully saturated rings. The first-order valence-electron chi connectivity index (χ1n) is 3.08. The lowest BCUT2D eigenvalue weighted by Gasteiger charge is -2.06. The summed E-state index contributed by atoms with van der Waals surface area (Å²) in [6.45, 7) is 7.49. The standard InChI is InChI=1S/C7H13NO.H3N/c1-4-5(2)6(3)7(8)9;/h5H,3-4H2,1-2H3,(H2,8,9);1H3. The summed E-state index contributed by atoms with van der Waals surface area (Å²) in [6, 6.07) is 0. The molecule has 0 aliphatic rings. The molecule has 10 heavy (non-hydrogen) atoms. The van der Waals surface area contributed by atoms with Gasteiger partial charge in [0, 0.05) is 5.57 Å². The van der Waals surface area contributed by atoms with E-state index in [2.05, 4.69) is 6.58 Å². The lowest BCUT2D eigenvalue weighted by molar-refractivity contribution is -0.115. The summed E-state index contributed by atoms with van der Waals surface area (Å²) < 4.78 is 0. The molecule has 0 aromatic heterocycles. The van der Waals surface area contributed by atoms with Gasteiger partial charge < -0.3 is 11.9 Å². The van der Waals surface area contributed by atoms with Crippen molar-refractivity contribution >= 4 is 5.91 Å². The van der Waals surface area contributed by atoms with Crippen LogP contribution in [0, 0.1) is 5.92 Å². The Morgan fingerprint density at radius 1 is 1.70 bits per heavy atom. The largest absolute Gasteiger partial charge is 0.366 e. The van der Waals surface area contributed by atoms with Gasteiger partial charge in [0.25, 0.3) is 0 Å². The zero-order valence-electron chi connectivity index (χ0n) is 6.68. The first kappa shape index (κ1) is 11.9. The number of amides is 1. The number of primary amides is 1. The second-order valence-corrected chi connectivity index (χ2v) is 2.20. The lowest BCUT2D eigenvalue weighted by Crippen LogP contribution is -2.17. The van der Waals surface area contributed by atoms with Gasteiger partial charge in [0.2, 0.25) is 5.91 Å². The van der Waals surface area contributed by atoms with Gasteiger partial charge in [-0.05, 0) is 12.3 Å². The maximum absolute atomic E-state index is 10.4. The zero-order chi connectivity index (χ0) is 7.44. The van der Waals surface area contributed by atoms with Crippen molar-refractivity contribution in [3.05, 3.63) is 12.2 Å². The molecule has 0 aliphatic heterocycles. The summed E-state index contributed by atoms with van der Waals surface area (Å²) in [5.41, 5.74) is 5.50. The molecule has 0 aliphatic carbocycles. The van der Waals surface area contributed by atoms with Gasteiger partial charge in [-0.25, -0.2) is 0 Å². The molecule has 0 saturated carbocycles. The highest BCUT2D eigenvalue weighted by molar-refractivity contribution is 5.91. The van der Waals surface area contributed by atoms with Crippen molar-refractivity contribution in [2.24, 2.45) is 11.7 Å². The molecule has 5 N–H and O–H groups in total. The number of hydrogen-bond acceptors (Lipinski definition) is 2. The number of carbonyl (C=O) groups excluding carboxylic acids is 1. The Kier molecular flexibility index (Phi) is 5.95. The predicted molar refractivity (Wildman–Crippen MR) is 42.8 cm³/mol. The van der Waals surface area contributed by atoms with E-state index in [9.17, 15) is 4.79 Å². The van der Waals surface area contributed by atoms with E-state index in [0.29, 0.717) is 5.57 Å². The number of hydrogen-bond donors (Lipinski definition) is 2. The minimum atomic E-state index is -0.385. The Balaban J connectivity index is 0. The fourth-order valence-electron chi connectivity index (χ4n) is 0.489. The smallest absolute Gasteiger partial charge is 0.244 e. The van der Waals surface area contributed by atoms with E-state index < -0.39 is 0 Å². The van der Waals surface area contributed by atoms with Gasteiger partial charge in [0.1, 0.15) is 0 Å². The highest BCUT2D eigenvalue weighted by Crippen LogP contribution is 2.10. The quantitative estimate of drug-likeness (QED) is 0.584. The minimum Gasteiger partial charge on any atom is -0.366 e. The molecular weight excluding hydrogens is 128 g/mol. The van der Waals surface area contributed by atoms with Crippen LogP contribution in [0.4, 0.5) is 0 Å². The number of nitrogens with two attached hydrogens (primary N) is 1. The fraction of sp³-hybridized carbons (Fsp3) is 0.571. The first-order chi connectivity index (χ1) is 4.09. The van der Waals surface area contributed by atoms with Crippen molar-refractivity contribution in [1.82, 2.24) is 6.15 Å². The maximum atomic E-state index is 10.4. The molecule has 0 aromatic carbocycles. The minimum absolute atomic E-state index is 0. The summed E-state index contributed by atoms with van der Waals surface area (Å²) in [6.07, 6.45) is 0.918. The van der Waals surface area contributed by atoms with Crippen LogP contribution in [0.25, 0.3) is 0 Å². The van der Waals surface area contributed by atoms with E-state index in [4.69, 9.17) is 5.73 Å². The normalized spacial score (nSPS) is 11.4. The van der Waals surface area contributed by atoms with Gasteiger partial charge in [-0.3, -0.25) is 4.79 Å². The molecule has 0 spiro atoms. The summed E-state index contributed by atoms with van der Waals surface area (Å²) >= 11 is 0. The highest BCUT2D eigenvalue weighted by Gasteiger charge is 2.07. The van der Waals surface area contributed by atoms with Crippen molar-refractivity contribution in [3.63, 3.8) is 0 Å². The SMILES string of the molecule is C=C(C(N)=O)C(C)CC.N. The lowest BCUT2D eigenvalue weighted by atomic mass is 10.00. The van der Waals surface area contributed by atoms with E-state index in [1.54, 1.807) is 0 Å². The van der Waals surface area contributed by atoms with Crippen LogP contribution in [0.1, 0.15) is 20.3 Å². The second-order valence-electron chi connectivity index (χ2n) is 2.20. The number of rotatable bonds is 3. The molecule has 0 saturated heterocycles. The maximum Gasteiger partial charge on any atom is 0.244 e. The topological polar surface area (TPSA) is 78.1 Å². The van der Waals surface area contributed by atoms with Crippen LogP contribution in [-0.2, 0) is 4.79 Å². The fourth-order valence-corrected chi connectivity index (χ4v) is 0.489. The third kappa shape index (κ3) is 3.25. The average Bonchev–Trinajstić information content (AvgIpc) is 1.84.